The van der Waals surface area contributed by atoms with Gasteiger partial charge in [0.15, 0.2) is 0 Å². The standard InChI is InChI=1S/C15H20N2O3/c1-15(2,14(19)20)17(3)13(18)11-8-10-6-4-5-7-12(10)16-9-11/h4-7,11,16H,8-9H2,1-3H3,(H,19,20). The number of hydrogen-bond donors (Lipinski definition) is 2. The first kappa shape index (κ1) is 14.4. The van der Waals surface area contributed by atoms with E-state index in [1.54, 1.807) is 7.05 Å². The minimum Gasteiger partial charge on any atom is -0.480 e. The second-order valence-electron chi connectivity index (χ2n) is 5.70. The van der Waals surface area contributed by atoms with Gasteiger partial charge in [0, 0.05) is 19.3 Å². The molecule has 1 unspecified atom stereocenters. The number of hydrogen-bond acceptors (Lipinski definition) is 3. The maximum absolute atomic E-state index is 12.5. The van der Waals surface area contributed by atoms with E-state index in [9.17, 15) is 14.7 Å². The summed E-state index contributed by atoms with van der Waals surface area (Å²) in [6.45, 7) is 3.62. The molecule has 5 nitrogen and oxygen atoms in total. The van der Waals surface area contributed by atoms with E-state index in [0.29, 0.717) is 13.0 Å². The molecule has 5 heteroatoms. The van der Waals surface area contributed by atoms with Crippen molar-refractivity contribution in [1.29, 1.82) is 0 Å². The predicted molar refractivity (Wildman–Crippen MR) is 76.6 cm³/mol. The Balaban J connectivity index is 2.14. The monoisotopic (exact) mass is 276 g/mol. The van der Waals surface area contributed by atoms with Crippen molar-refractivity contribution in [3.63, 3.8) is 0 Å². The second kappa shape index (κ2) is 5.15. The zero-order valence-electron chi connectivity index (χ0n) is 12.0. The lowest BCUT2D eigenvalue weighted by Crippen LogP contribution is -2.54. The van der Waals surface area contributed by atoms with Crippen molar-refractivity contribution >= 4 is 17.6 Å². The molecule has 0 bridgehead atoms. The average molecular weight is 276 g/mol. The third kappa shape index (κ3) is 2.48. The summed E-state index contributed by atoms with van der Waals surface area (Å²) in [4.78, 5) is 25.0. The first-order valence-electron chi connectivity index (χ1n) is 6.67. The summed E-state index contributed by atoms with van der Waals surface area (Å²) < 4.78 is 0. The maximum Gasteiger partial charge on any atom is 0.329 e. The first-order chi connectivity index (χ1) is 9.34. The first-order valence-corrected chi connectivity index (χ1v) is 6.67. The number of aliphatic carboxylic acids is 1. The van der Waals surface area contributed by atoms with Crippen LogP contribution in [0.2, 0.25) is 0 Å². The highest BCUT2D eigenvalue weighted by atomic mass is 16.4. The third-order valence-corrected chi connectivity index (χ3v) is 4.06. The quantitative estimate of drug-likeness (QED) is 0.879. The number of carboxylic acids is 1. The van der Waals surface area contributed by atoms with Crippen LogP contribution < -0.4 is 5.32 Å². The summed E-state index contributed by atoms with van der Waals surface area (Å²) in [6.07, 6.45) is 0.641. The molecule has 1 amide bonds. The highest BCUT2D eigenvalue weighted by Crippen LogP contribution is 2.26. The topological polar surface area (TPSA) is 69.6 Å². The van der Waals surface area contributed by atoms with Crippen LogP contribution in [0.5, 0.6) is 0 Å². The van der Waals surface area contributed by atoms with Crippen LogP contribution in [-0.2, 0) is 16.0 Å². The molecular formula is C15H20N2O3. The number of rotatable bonds is 3. The number of para-hydroxylation sites is 1. The number of nitrogens with zero attached hydrogens (tertiary/aromatic N) is 1. The second-order valence-corrected chi connectivity index (χ2v) is 5.70. The molecule has 108 valence electrons. The van der Waals surface area contributed by atoms with Gasteiger partial charge in [-0.2, -0.15) is 0 Å². The summed E-state index contributed by atoms with van der Waals surface area (Å²) >= 11 is 0. The van der Waals surface area contributed by atoms with Crippen LogP contribution >= 0.6 is 0 Å². The number of carbonyl (C=O) groups excluding carboxylic acids is 1. The maximum atomic E-state index is 12.5. The van der Waals surface area contributed by atoms with Crippen molar-refractivity contribution in [3.05, 3.63) is 29.8 Å². The van der Waals surface area contributed by atoms with Crippen molar-refractivity contribution in [2.24, 2.45) is 5.92 Å². The smallest absolute Gasteiger partial charge is 0.329 e. The molecule has 1 aromatic carbocycles. The Morgan fingerprint density at radius 3 is 2.65 bits per heavy atom. The molecule has 1 aromatic rings. The van der Waals surface area contributed by atoms with Crippen molar-refractivity contribution < 1.29 is 14.7 Å². The molecule has 0 saturated heterocycles. The van der Waals surface area contributed by atoms with E-state index in [1.807, 2.05) is 24.3 Å². The van der Waals surface area contributed by atoms with E-state index in [-0.39, 0.29) is 11.8 Å². The zero-order chi connectivity index (χ0) is 14.9. The molecule has 0 radical (unpaired) electrons. The summed E-state index contributed by atoms with van der Waals surface area (Å²) in [5.74, 6) is -1.37. The molecule has 0 spiro atoms. The van der Waals surface area contributed by atoms with Gasteiger partial charge in [-0.05, 0) is 31.9 Å². The Morgan fingerprint density at radius 2 is 2.00 bits per heavy atom. The lowest BCUT2D eigenvalue weighted by atomic mass is 9.91. The zero-order valence-corrected chi connectivity index (χ0v) is 12.0. The number of likely N-dealkylation sites (N-methyl/N-ethyl adjacent to an activating group) is 1. The van der Waals surface area contributed by atoms with E-state index in [0.717, 1.165) is 11.3 Å². The molecular weight excluding hydrogens is 256 g/mol. The summed E-state index contributed by atoms with van der Waals surface area (Å²) in [7, 11) is 1.55. The van der Waals surface area contributed by atoms with Gasteiger partial charge in [-0.25, -0.2) is 4.79 Å². The van der Waals surface area contributed by atoms with E-state index in [1.165, 1.54) is 18.7 Å². The SMILES string of the molecule is CN(C(=O)C1CNc2ccccc2C1)C(C)(C)C(=O)O. The number of benzene rings is 1. The fourth-order valence-electron chi connectivity index (χ4n) is 2.31. The number of amides is 1. The minimum atomic E-state index is -1.20. The number of carboxylic acid groups (broad SMARTS) is 1. The summed E-state index contributed by atoms with van der Waals surface area (Å²) in [5, 5.41) is 12.4. The van der Waals surface area contributed by atoms with Crippen LogP contribution in [0.15, 0.2) is 24.3 Å². The Hall–Kier alpha value is -2.04. The van der Waals surface area contributed by atoms with Crippen LogP contribution in [0, 0.1) is 5.92 Å². The Bertz CT molecular complexity index is 540. The summed E-state index contributed by atoms with van der Waals surface area (Å²) in [6, 6.07) is 7.87. The van der Waals surface area contributed by atoms with E-state index in [4.69, 9.17) is 0 Å². The fourth-order valence-corrected chi connectivity index (χ4v) is 2.31. The molecule has 0 saturated carbocycles. The third-order valence-electron chi connectivity index (χ3n) is 4.06. The van der Waals surface area contributed by atoms with Crippen molar-refractivity contribution in [2.45, 2.75) is 25.8 Å². The molecule has 0 aromatic heterocycles. The average Bonchev–Trinajstić information content (AvgIpc) is 2.44. The predicted octanol–water partition coefficient (Wildman–Crippen LogP) is 1.59. The molecule has 2 rings (SSSR count). The minimum absolute atomic E-state index is 0.139. The lowest BCUT2D eigenvalue weighted by Gasteiger charge is -2.36. The lowest BCUT2D eigenvalue weighted by molar-refractivity contribution is -0.156. The Kier molecular flexibility index (Phi) is 3.70. The van der Waals surface area contributed by atoms with Gasteiger partial charge in [-0.1, -0.05) is 18.2 Å². The number of nitrogens with one attached hydrogen (secondary N) is 1. The van der Waals surface area contributed by atoms with E-state index < -0.39 is 11.5 Å². The Morgan fingerprint density at radius 1 is 1.35 bits per heavy atom. The molecule has 0 fully saturated rings. The van der Waals surface area contributed by atoms with E-state index in [2.05, 4.69) is 5.32 Å². The molecule has 0 aliphatic carbocycles. The van der Waals surface area contributed by atoms with Crippen molar-refractivity contribution in [3.8, 4) is 0 Å². The Labute approximate surface area is 118 Å². The van der Waals surface area contributed by atoms with Crippen LogP contribution in [0.3, 0.4) is 0 Å². The normalized spacial score (nSPS) is 17.9. The fraction of sp³-hybridized carbons (Fsp3) is 0.467. The highest BCUT2D eigenvalue weighted by molar-refractivity contribution is 5.88. The molecule has 1 atom stereocenters. The van der Waals surface area contributed by atoms with E-state index >= 15 is 0 Å². The summed E-state index contributed by atoms with van der Waals surface area (Å²) in [5.41, 5.74) is 0.948. The van der Waals surface area contributed by atoms with Gasteiger partial charge in [-0.15, -0.1) is 0 Å². The van der Waals surface area contributed by atoms with Gasteiger partial charge in [0.2, 0.25) is 5.91 Å². The van der Waals surface area contributed by atoms with Gasteiger partial charge in [0.05, 0.1) is 5.92 Å². The van der Waals surface area contributed by atoms with Crippen LogP contribution in [0.4, 0.5) is 5.69 Å². The number of carbonyl (C=O) groups is 2. The van der Waals surface area contributed by atoms with Crippen LogP contribution in [0.1, 0.15) is 19.4 Å². The van der Waals surface area contributed by atoms with Crippen molar-refractivity contribution in [2.75, 3.05) is 18.9 Å². The largest absolute Gasteiger partial charge is 0.480 e. The molecule has 2 N–H and O–H groups in total. The highest BCUT2D eigenvalue weighted by Gasteiger charge is 2.38. The van der Waals surface area contributed by atoms with Gasteiger partial charge in [0.25, 0.3) is 0 Å². The molecule has 1 aliphatic heterocycles. The number of anilines is 1. The number of fused-ring (bicyclic) bond motifs is 1. The van der Waals surface area contributed by atoms with Crippen molar-refractivity contribution in [1.82, 2.24) is 4.90 Å². The van der Waals surface area contributed by atoms with Gasteiger partial charge in [-0.3, -0.25) is 4.79 Å². The van der Waals surface area contributed by atoms with Crippen LogP contribution in [-0.4, -0.2) is 41.0 Å². The van der Waals surface area contributed by atoms with Gasteiger partial charge < -0.3 is 15.3 Å². The van der Waals surface area contributed by atoms with Gasteiger partial charge in [0.1, 0.15) is 5.54 Å². The molecule has 1 aliphatic rings. The molecule has 20 heavy (non-hydrogen) atoms. The molecule has 1 heterocycles. The van der Waals surface area contributed by atoms with Gasteiger partial charge >= 0.3 is 5.97 Å². The van der Waals surface area contributed by atoms with Crippen LogP contribution in [0.25, 0.3) is 0 Å².